The van der Waals surface area contributed by atoms with Gasteiger partial charge in [-0.1, -0.05) is 346 Å². The molecular formula is C71H137NO5. The summed E-state index contributed by atoms with van der Waals surface area (Å²) in [5.74, 6) is -0.0260. The van der Waals surface area contributed by atoms with E-state index in [0.717, 1.165) is 51.4 Å². The molecule has 0 spiro atoms. The van der Waals surface area contributed by atoms with E-state index in [4.69, 9.17) is 4.74 Å². The molecule has 0 aliphatic carbocycles. The Morgan fingerprint density at radius 3 is 1.00 bits per heavy atom. The van der Waals surface area contributed by atoms with Crippen LogP contribution in [0.2, 0.25) is 0 Å². The number of rotatable bonds is 66. The lowest BCUT2D eigenvalue weighted by molar-refractivity contribution is -0.143. The molecule has 0 saturated heterocycles. The third-order valence-electron chi connectivity index (χ3n) is 16.5. The lowest BCUT2D eigenvalue weighted by Gasteiger charge is -2.22. The van der Waals surface area contributed by atoms with Gasteiger partial charge < -0.3 is 20.3 Å². The van der Waals surface area contributed by atoms with Crippen molar-refractivity contribution < 1.29 is 24.5 Å². The van der Waals surface area contributed by atoms with Crippen LogP contribution < -0.4 is 5.32 Å². The first-order chi connectivity index (χ1) is 38.0. The van der Waals surface area contributed by atoms with E-state index < -0.39 is 12.1 Å². The van der Waals surface area contributed by atoms with Gasteiger partial charge in [0.15, 0.2) is 0 Å². The fourth-order valence-electron chi connectivity index (χ4n) is 11.1. The SMILES string of the molecule is CCCCCC/C=C\C/C=C\CCCCCCCCCC(=O)OCCCCCCCCCCCCCCCCCCCCCCCC(=O)NC(CO)C(O)CCCCCCCCCCCCCCCCCCCCCCC. The summed E-state index contributed by atoms with van der Waals surface area (Å²) in [7, 11) is 0. The molecule has 6 nitrogen and oxygen atoms in total. The fourth-order valence-corrected chi connectivity index (χ4v) is 11.1. The van der Waals surface area contributed by atoms with Gasteiger partial charge in [-0.3, -0.25) is 9.59 Å². The van der Waals surface area contributed by atoms with Crippen molar-refractivity contribution >= 4 is 11.9 Å². The minimum atomic E-state index is -0.666. The number of carbonyl (C=O) groups is 2. The highest BCUT2D eigenvalue weighted by Crippen LogP contribution is 2.19. The van der Waals surface area contributed by atoms with Crippen molar-refractivity contribution in [3.8, 4) is 0 Å². The van der Waals surface area contributed by atoms with E-state index >= 15 is 0 Å². The lowest BCUT2D eigenvalue weighted by atomic mass is 10.0. The predicted octanol–water partition coefficient (Wildman–Crippen LogP) is 22.5. The van der Waals surface area contributed by atoms with Crippen molar-refractivity contribution in [2.75, 3.05) is 13.2 Å². The standard InChI is InChI=1S/C71H137NO5/c1-3-5-7-9-11-13-15-17-19-21-23-25-28-31-35-39-43-47-51-55-59-63-69(74)68(67-73)72-70(75)64-60-56-52-48-44-40-36-32-29-26-24-27-30-34-38-42-46-50-54-58-62-66-77-71(76)65-61-57-53-49-45-41-37-33-22-20-18-16-14-12-10-8-6-4-2/h14,16,20,22,68-69,73-74H,3-13,15,17-19,21,23-67H2,1-2H3,(H,72,75)/b16-14-,22-20-. The van der Waals surface area contributed by atoms with E-state index in [1.165, 1.54) is 308 Å². The molecule has 6 heteroatoms. The van der Waals surface area contributed by atoms with E-state index in [1.54, 1.807) is 0 Å². The molecule has 0 aromatic carbocycles. The molecule has 0 saturated carbocycles. The molecule has 0 radical (unpaired) electrons. The van der Waals surface area contributed by atoms with Gasteiger partial charge in [0.05, 0.1) is 25.4 Å². The molecule has 2 unspecified atom stereocenters. The second-order valence-electron chi connectivity index (χ2n) is 24.2. The van der Waals surface area contributed by atoms with Crippen LogP contribution in [0.15, 0.2) is 24.3 Å². The Morgan fingerprint density at radius 2 is 0.649 bits per heavy atom. The quantitative estimate of drug-likeness (QED) is 0.0320. The first-order valence-electron chi connectivity index (χ1n) is 35.1. The van der Waals surface area contributed by atoms with Gasteiger partial charge in [-0.2, -0.15) is 0 Å². The summed E-state index contributed by atoms with van der Waals surface area (Å²) < 4.78 is 5.50. The molecule has 2 atom stereocenters. The first-order valence-corrected chi connectivity index (χ1v) is 35.1. The molecular weight excluding hydrogens is 947 g/mol. The summed E-state index contributed by atoms with van der Waals surface area (Å²) in [6.45, 7) is 4.97. The third kappa shape index (κ3) is 63.4. The minimum Gasteiger partial charge on any atom is -0.466 e. The summed E-state index contributed by atoms with van der Waals surface area (Å²) in [4.78, 5) is 24.6. The molecule has 0 heterocycles. The molecule has 0 aliphatic rings. The Kier molecular flexibility index (Phi) is 65.4. The van der Waals surface area contributed by atoms with Gasteiger partial charge in [-0.15, -0.1) is 0 Å². The minimum absolute atomic E-state index is 0.00573. The lowest BCUT2D eigenvalue weighted by Crippen LogP contribution is -2.45. The van der Waals surface area contributed by atoms with Gasteiger partial charge in [0.2, 0.25) is 5.91 Å². The van der Waals surface area contributed by atoms with Crippen molar-refractivity contribution in [3.63, 3.8) is 0 Å². The maximum absolute atomic E-state index is 12.5. The van der Waals surface area contributed by atoms with E-state index in [0.29, 0.717) is 25.9 Å². The van der Waals surface area contributed by atoms with Gasteiger partial charge in [0, 0.05) is 12.8 Å². The largest absolute Gasteiger partial charge is 0.466 e. The monoisotopic (exact) mass is 1080 g/mol. The number of allylic oxidation sites excluding steroid dienone is 4. The second kappa shape index (κ2) is 66.8. The van der Waals surface area contributed by atoms with Crippen LogP contribution in [-0.4, -0.2) is 47.4 Å². The maximum Gasteiger partial charge on any atom is 0.305 e. The predicted molar refractivity (Wildman–Crippen MR) is 338 cm³/mol. The van der Waals surface area contributed by atoms with Crippen LogP contribution in [0.3, 0.4) is 0 Å². The topological polar surface area (TPSA) is 95.9 Å². The Labute approximate surface area is 481 Å². The number of carbonyl (C=O) groups excluding carboxylic acids is 2. The molecule has 0 aromatic rings. The van der Waals surface area contributed by atoms with Gasteiger partial charge in [-0.25, -0.2) is 0 Å². The highest BCUT2D eigenvalue weighted by atomic mass is 16.5. The zero-order valence-electron chi connectivity index (χ0n) is 52.2. The number of hydrogen-bond donors (Lipinski definition) is 3. The molecule has 3 N–H and O–H groups in total. The molecule has 0 aromatic heterocycles. The number of esters is 1. The van der Waals surface area contributed by atoms with E-state index in [2.05, 4.69) is 43.5 Å². The Bertz CT molecular complexity index is 1200. The van der Waals surface area contributed by atoms with Crippen molar-refractivity contribution in [3.05, 3.63) is 24.3 Å². The number of aliphatic hydroxyl groups is 2. The summed E-state index contributed by atoms with van der Waals surface area (Å²) in [5.41, 5.74) is 0. The van der Waals surface area contributed by atoms with Crippen LogP contribution in [0.5, 0.6) is 0 Å². The van der Waals surface area contributed by atoms with Crippen LogP contribution in [0.25, 0.3) is 0 Å². The van der Waals surface area contributed by atoms with Crippen molar-refractivity contribution in [1.29, 1.82) is 0 Å². The van der Waals surface area contributed by atoms with E-state index in [1.807, 2.05) is 0 Å². The van der Waals surface area contributed by atoms with E-state index in [-0.39, 0.29) is 18.5 Å². The molecule has 0 fully saturated rings. The van der Waals surface area contributed by atoms with Crippen LogP contribution >= 0.6 is 0 Å². The van der Waals surface area contributed by atoms with Crippen molar-refractivity contribution in [2.45, 2.75) is 405 Å². The second-order valence-corrected chi connectivity index (χ2v) is 24.2. The normalized spacial score (nSPS) is 12.6. The Hall–Kier alpha value is -1.66. The third-order valence-corrected chi connectivity index (χ3v) is 16.5. The number of nitrogens with one attached hydrogen (secondary N) is 1. The molecule has 0 bridgehead atoms. The summed E-state index contributed by atoms with van der Waals surface area (Å²) in [6, 6.07) is -0.543. The smallest absolute Gasteiger partial charge is 0.305 e. The molecule has 0 aliphatic heterocycles. The highest BCUT2D eigenvalue weighted by Gasteiger charge is 2.20. The van der Waals surface area contributed by atoms with Crippen molar-refractivity contribution in [1.82, 2.24) is 5.32 Å². The Morgan fingerprint density at radius 1 is 0.364 bits per heavy atom. The summed E-state index contributed by atoms with van der Waals surface area (Å²) in [6.07, 6.45) is 83.5. The zero-order valence-corrected chi connectivity index (χ0v) is 52.2. The van der Waals surface area contributed by atoms with Crippen LogP contribution in [0.1, 0.15) is 393 Å². The van der Waals surface area contributed by atoms with Gasteiger partial charge in [0.1, 0.15) is 0 Å². The molecule has 77 heavy (non-hydrogen) atoms. The van der Waals surface area contributed by atoms with Crippen LogP contribution in [0.4, 0.5) is 0 Å². The average Bonchev–Trinajstić information content (AvgIpc) is 3.43. The average molecular weight is 1080 g/mol. The number of hydrogen-bond acceptors (Lipinski definition) is 5. The first kappa shape index (κ1) is 75.3. The highest BCUT2D eigenvalue weighted by molar-refractivity contribution is 5.76. The molecule has 1 amide bonds. The van der Waals surface area contributed by atoms with Crippen molar-refractivity contribution in [2.24, 2.45) is 0 Å². The van der Waals surface area contributed by atoms with Gasteiger partial charge in [-0.05, 0) is 57.8 Å². The maximum atomic E-state index is 12.5. The zero-order chi connectivity index (χ0) is 55.7. The fraction of sp³-hybridized carbons (Fsp3) is 0.915. The number of amides is 1. The molecule has 456 valence electrons. The van der Waals surface area contributed by atoms with Gasteiger partial charge >= 0.3 is 5.97 Å². The van der Waals surface area contributed by atoms with Crippen LogP contribution in [0, 0.1) is 0 Å². The summed E-state index contributed by atoms with van der Waals surface area (Å²) in [5, 5.41) is 23.4. The van der Waals surface area contributed by atoms with Gasteiger partial charge in [0.25, 0.3) is 0 Å². The number of unbranched alkanes of at least 4 members (excludes halogenated alkanes) is 51. The van der Waals surface area contributed by atoms with Crippen LogP contribution in [-0.2, 0) is 14.3 Å². The Balaban J connectivity index is 3.38. The summed E-state index contributed by atoms with van der Waals surface area (Å²) >= 11 is 0. The number of aliphatic hydroxyl groups excluding tert-OH is 2. The number of ether oxygens (including phenoxy) is 1. The molecule has 0 rings (SSSR count). The van der Waals surface area contributed by atoms with E-state index in [9.17, 15) is 19.8 Å².